The van der Waals surface area contributed by atoms with Gasteiger partial charge in [-0.05, 0) is 170 Å². The highest BCUT2D eigenvalue weighted by Crippen LogP contribution is 2.92. The van der Waals surface area contributed by atoms with E-state index in [1.54, 1.807) is 0 Å². The summed E-state index contributed by atoms with van der Waals surface area (Å²) < 4.78 is 31.8. The van der Waals surface area contributed by atoms with Crippen LogP contribution in [0.3, 0.4) is 0 Å². The molecule has 13 aromatic rings. The topological polar surface area (TPSA) is 46.5 Å². The Bertz CT molecular complexity index is 4110. The van der Waals surface area contributed by atoms with E-state index in [0.717, 1.165) is 0 Å². The first-order valence-corrected chi connectivity index (χ1v) is 20.6. The van der Waals surface area contributed by atoms with Gasteiger partial charge in [0.1, 0.15) is 0 Å². The minimum absolute atomic E-state index is 0.0148. The van der Waals surface area contributed by atoms with E-state index in [-0.39, 0.29) is 6.42 Å². The minimum Gasteiger partial charge on any atom is -0.456 e. The summed E-state index contributed by atoms with van der Waals surface area (Å²) >= 11 is 0. The number of aliphatic hydroxyl groups is 1. The first-order chi connectivity index (χ1) is 28.4. The lowest BCUT2D eigenvalue weighted by molar-refractivity contribution is -0.230. The average molecular weight is 747 g/mol. The minimum atomic E-state index is -4.06. The van der Waals surface area contributed by atoms with Crippen LogP contribution in [0.5, 0.6) is 0 Å². The van der Waals surface area contributed by atoms with Gasteiger partial charge in [0, 0.05) is 22.7 Å². The van der Waals surface area contributed by atoms with Crippen molar-refractivity contribution in [2.75, 3.05) is 6.61 Å². The zero-order valence-electron chi connectivity index (χ0n) is 30.5. The number of carbonyl (C=O) groups excluding carboxylic acids is 1. The van der Waals surface area contributed by atoms with Gasteiger partial charge in [-0.3, -0.25) is 4.79 Å². The van der Waals surface area contributed by atoms with Gasteiger partial charge in [-0.25, -0.2) is 0 Å². The van der Waals surface area contributed by atoms with Crippen LogP contribution in [-0.2, 0) is 25.8 Å². The Labute approximate surface area is 324 Å². The summed E-state index contributed by atoms with van der Waals surface area (Å²) in [6, 6.07) is 30.3. The van der Waals surface area contributed by atoms with Gasteiger partial charge in [0.15, 0.2) is 6.61 Å². The van der Waals surface area contributed by atoms with Crippen molar-refractivity contribution in [3.05, 3.63) is 118 Å². The van der Waals surface area contributed by atoms with Crippen molar-refractivity contribution in [2.24, 2.45) is 0 Å². The molecule has 0 heterocycles. The second-order valence-corrected chi connectivity index (χ2v) is 18.5. The number of halogens is 2. The maximum Gasteiger partial charge on any atom is 0.387 e. The summed E-state index contributed by atoms with van der Waals surface area (Å²) in [4.78, 5) is 13.2. The fourth-order valence-electron chi connectivity index (χ4n) is 16.3. The lowest BCUT2D eigenvalue weighted by atomic mass is 9.68. The molecule has 1 N–H and O–H groups in total. The molecular weight excluding hydrogens is 723 g/mol. The summed E-state index contributed by atoms with van der Waals surface area (Å²) in [5.41, 5.74) is 5.57. The van der Waals surface area contributed by atoms with Crippen molar-refractivity contribution >= 4 is 136 Å². The molecule has 0 bridgehead atoms. The maximum atomic E-state index is 13.4. The first kappa shape index (κ1) is 28.0. The predicted molar refractivity (Wildman–Crippen MR) is 227 cm³/mol. The van der Waals surface area contributed by atoms with Gasteiger partial charge >= 0.3 is 12.1 Å². The molecule has 58 heavy (non-hydrogen) atoms. The molecule has 0 saturated heterocycles. The van der Waals surface area contributed by atoms with Gasteiger partial charge in [0.05, 0.1) is 0 Å². The van der Waals surface area contributed by atoms with E-state index in [4.69, 9.17) is 9.84 Å². The lowest BCUT2D eigenvalue weighted by Crippen LogP contribution is -2.27. The molecule has 2 unspecified atom stereocenters. The van der Waals surface area contributed by atoms with Crippen LogP contribution in [0.15, 0.2) is 91.0 Å². The highest BCUT2D eigenvalue weighted by atomic mass is 19.3. The number of ether oxygens (including phenoxy) is 1. The Balaban J connectivity index is 1.12. The van der Waals surface area contributed by atoms with Gasteiger partial charge in [-0.15, -0.1) is 0 Å². The summed E-state index contributed by atoms with van der Waals surface area (Å²) in [5.74, 6) is -0.712. The van der Waals surface area contributed by atoms with E-state index in [0.29, 0.717) is 12.8 Å². The van der Waals surface area contributed by atoms with Crippen LogP contribution in [0, 0.1) is 0 Å². The van der Waals surface area contributed by atoms with Crippen LogP contribution < -0.4 is 10.4 Å². The van der Waals surface area contributed by atoms with Crippen molar-refractivity contribution in [1.29, 1.82) is 0 Å². The molecule has 3 nitrogen and oxygen atoms in total. The second-order valence-electron chi connectivity index (χ2n) is 18.5. The fourth-order valence-corrected chi connectivity index (χ4v) is 16.3. The number of carbonyl (C=O) groups is 1. The van der Waals surface area contributed by atoms with Crippen molar-refractivity contribution < 1.29 is 23.4 Å². The van der Waals surface area contributed by atoms with Crippen LogP contribution >= 0.6 is 0 Å². The van der Waals surface area contributed by atoms with Gasteiger partial charge in [-0.1, -0.05) is 91.0 Å². The third kappa shape index (κ3) is 2.13. The maximum absolute atomic E-state index is 13.4. The lowest BCUT2D eigenvalue weighted by Gasteiger charge is -2.32. The smallest absolute Gasteiger partial charge is 0.387 e. The van der Waals surface area contributed by atoms with Gasteiger partial charge < -0.3 is 9.84 Å². The van der Waals surface area contributed by atoms with E-state index in [2.05, 4.69) is 91.0 Å². The zero-order chi connectivity index (χ0) is 37.5. The van der Waals surface area contributed by atoms with Crippen molar-refractivity contribution in [2.45, 2.75) is 41.6 Å². The number of benzene rings is 9. The van der Waals surface area contributed by atoms with Crippen LogP contribution in [0.25, 0.3) is 130 Å². The Morgan fingerprint density at radius 3 is 1.41 bits per heavy atom. The van der Waals surface area contributed by atoms with Crippen molar-refractivity contribution in [3.8, 4) is 0 Å². The summed E-state index contributed by atoms with van der Waals surface area (Å²) in [6.07, 6.45) is 1.94. The van der Waals surface area contributed by atoms with Crippen LogP contribution in [-0.4, -0.2) is 23.8 Å². The van der Waals surface area contributed by atoms with Crippen LogP contribution in [0.1, 0.15) is 36.0 Å². The molecule has 1 saturated carbocycles. The van der Waals surface area contributed by atoms with Crippen molar-refractivity contribution in [3.63, 3.8) is 0 Å². The third-order valence-electron chi connectivity index (χ3n) is 17.1. The number of hydrogen-bond acceptors (Lipinski definition) is 3. The Morgan fingerprint density at radius 1 is 0.534 bits per heavy atom. The number of hydrogen-bond donors (Lipinski definition) is 1. The first-order valence-electron chi connectivity index (χ1n) is 20.6. The molecule has 2 atom stereocenters. The van der Waals surface area contributed by atoms with E-state index < -0.39 is 34.9 Å². The monoisotopic (exact) mass is 746 g/mol. The molecule has 0 amide bonds. The molecule has 5 aliphatic carbocycles. The number of alkyl halides is 2. The van der Waals surface area contributed by atoms with Crippen LogP contribution in [0.2, 0.25) is 0 Å². The van der Waals surface area contributed by atoms with Crippen LogP contribution in [0.4, 0.5) is 8.78 Å². The van der Waals surface area contributed by atoms with Gasteiger partial charge in [-0.2, -0.15) is 8.78 Å². The Morgan fingerprint density at radius 2 is 0.948 bits per heavy atom. The Kier molecular flexibility index (Phi) is 3.69. The van der Waals surface area contributed by atoms with E-state index >= 15 is 0 Å². The normalized spacial score (nSPS) is 24.2. The fraction of sp³-hybridized carbons (Fsp3) is 0.151. The molecular formula is C53H24F2O3. The molecule has 18 rings (SSSR count). The van der Waals surface area contributed by atoms with E-state index in [1.165, 1.54) is 157 Å². The summed E-state index contributed by atoms with van der Waals surface area (Å²) in [6.45, 7) is -1.33. The number of rotatable bonds is 7. The summed E-state index contributed by atoms with van der Waals surface area (Å²) in [5, 5.41) is 42.8. The summed E-state index contributed by atoms with van der Waals surface area (Å²) in [7, 11) is 0. The molecule has 0 aromatic heterocycles. The molecule has 1 fully saturated rings. The molecule has 0 aliphatic heterocycles. The molecule has 0 radical (unpaired) electrons. The standard InChI is InChI=1S/C53H24F2O3/c54-51(55,57)19-58-31(56)7-4-18-50(20-5-2-1-3-6-20)52-29-16-17-30-28-15-13-26-24-11-9-22-21-8-10-23-25-12-14-27(29)38-36(25)41-34(23)32(21)40-33(22)35(24)42-37(26)39(28)49(53(30,50)52)47-45(42)43(40)44(41)46(47)48(38)52/h1-3,5-6,8-17,57H,4,7,18-19H2. The third-order valence-corrected chi connectivity index (χ3v) is 17.1. The predicted octanol–water partition coefficient (Wildman–Crippen LogP) is 10.5. The molecule has 5 heteroatoms. The van der Waals surface area contributed by atoms with E-state index in [1.807, 2.05) is 0 Å². The highest BCUT2D eigenvalue weighted by Gasteiger charge is 2.93. The SMILES string of the molecule is O=C(CCCC1(c2ccccc2)C23C4=c5ccc6c7ccc8c9ccc%10c%11ccc%12c%13c(c%14c%15c2c5c6c2c7c8c5c9c%10c(c%13%11)c%14c5c%152)C13C=%12C=C4)OCC(O)(F)F. The molecule has 13 aromatic carbocycles. The number of esters is 1. The number of allylic oxidation sites excluding steroid dienone is 2. The van der Waals surface area contributed by atoms with Gasteiger partial charge in [0.25, 0.3) is 0 Å². The second kappa shape index (κ2) is 7.64. The molecule has 268 valence electrons. The Hall–Kier alpha value is -6.43. The molecule has 5 aliphatic rings. The average Bonchev–Trinajstić information content (AvgIpc) is 3.88. The highest BCUT2D eigenvalue weighted by molar-refractivity contribution is 6.64. The van der Waals surface area contributed by atoms with E-state index in [9.17, 15) is 13.6 Å². The number of fused-ring (bicyclic) bond motifs is 3. The largest absolute Gasteiger partial charge is 0.456 e. The van der Waals surface area contributed by atoms with Gasteiger partial charge in [0.2, 0.25) is 0 Å². The zero-order valence-corrected chi connectivity index (χ0v) is 30.5. The molecule has 2 spiro atoms. The quantitative estimate of drug-likeness (QED) is 0.131. The van der Waals surface area contributed by atoms with Crippen molar-refractivity contribution in [1.82, 2.24) is 0 Å².